The van der Waals surface area contributed by atoms with Gasteiger partial charge in [-0.25, -0.2) is 4.39 Å². The van der Waals surface area contributed by atoms with Crippen LogP contribution in [0, 0.1) is 17.1 Å². The predicted octanol–water partition coefficient (Wildman–Crippen LogP) is 3.99. The van der Waals surface area contributed by atoms with Gasteiger partial charge in [0.1, 0.15) is 5.82 Å². The van der Waals surface area contributed by atoms with Crippen LogP contribution in [0.3, 0.4) is 0 Å². The Hall–Kier alpha value is -2.05. The minimum Gasteiger partial charge on any atom is -0.369 e. The van der Waals surface area contributed by atoms with E-state index in [0.717, 1.165) is 5.69 Å². The van der Waals surface area contributed by atoms with Crippen LogP contribution < -0.4 is 4.90 Å². The van der Waals surface area contributed by atoms with Crippen LogP contribution in [0.2, 0.25) is 5.02 Å². The van der Waals surface area contributed by atoms with E-state index in [1.807, 2.05) is 18.0 Å². The van der Waals surface area contributed by atoms with Crippen molar-refractivity contribution < 1.29 is 4.39 Å². The first kappa shape index (κ1) is 13.4. The van der Waals surface area contributed by atoms with Gasteiger partial charge < -0.3 is 4.90 Å². The molecule has 0 saturated heterocycles. The molecule has 0 radical (unpaired) electrons. The molecule has 0 bridgehead atoms. The molecular weight excluding hydrogens is 263 g/mol. The summed E-state index contributed by atoms with van der Waals surface area (Å²) in [6, 6.07) is 13.7. The summed E-state index contributed by atoms with van der Waals surface area (Å²) in [4.78, 5) is 1.85. The van der Waals surface area contributed by atoms with Gasteiger partial charge in [-0.15, -0.1) is 0 Å². The summed E-state index contributed by atoms with van der Waals surface area (Å²) >= 11 is 6.12. The second-order valence-electron chi connectivity index (χ2n) is 4.23. The Kier molecular flexibility index (Phi) is 4.03. The fraction of sp³-hybridized carbons (Fsp3) is 0.133. The largest absolute Gasteiger partial charge is 0.369 e. The van der Waals surface area contributed by atoms with Crippen LogP contribution >= 0.6 is 11.6 Å². The van der Waals surface area contributed by atoms with E-state index in [-0.39, 0.29) is 5.82 Å². The van der Waals surface area contributed by atoms with Gasteiger partial charge in [-0.3, -0.25) is 0 Å². The molecule has 0 aliphatic heterocycles. The number of anilines is 1. The molecule has 0 fully saturated rings. The van der Waals surface area contributed by atoms with Crippen molar-refractivity contribution in [1.82, 2.24) is 0 Å². The van der Waals surface area contributed by atoms with Gasteiger partial charge in [0, 0.05) is 19.2 Å². The van der Waals surface area contributed by atoms with Crippen molar-refractivity contribution in [1.29, 1.82) is 5.26 Å². The lowest BCUT2D eigenvalue weighted by Crippen LogP contribution is -2.17. The molecule has 0 spiro atoms. The fourth-order valence-corrected chi connectivity index (χ4v) is 2.18. The Morgan fingerprint density at radius 3 is 2.63 bits per heavy atom. The van der Waals surface area contributed by atoms with Crippen molar-refractivity contribution >= 4 is 17.3 Å². The Morgan fingerprint density at radius 2 is 2.00 bits per heavy atom. The Bertz CT molecular complexity index is 634. The summed E-state index contributed by atoms with van der Waals surface area (Å²) in [7, 11) is 1.83. The highest BCUT2D eigenvalue weighted by Gasteiger charge is 2.09. The third-order valence-electron chi connectivity index (χ3n) is 2.85. The lowest BCUT2D eigenvalue weighted by Gasteiger charge is -2.21. The Morgan fingerprint density at radius 1 is 1.26 bits per heavy atom. The molecule has 0 saturated carbocycles. The van der Waals surface area contributed by atoms with Gasteiger partial charge in [-0.05, 0) is 24.3 Å². The number of hydrogen-bond acceptors (Lipinski definition) is 2. The monoisotopic (exact) mass is 274 g/mol. The van der Waals surface area contributed by atoms with E-state index in [1.54, 1.807) is 36.4 Å². The molecule has 0 aromatic heterocycles. The number of nitriles is 1. The molecule has 0 aliphatic rings. The van der Waals surface area contributed by atoms with Gasteiger partial charge in [-0.1, -0.05) is 29.8 Å². The third-order valence-corrected chi connectivity index (χ3v) is 3.16. The van der Waals surface area contributed by atoms with E-state index >= 15 is 0 Å². The van der Waals surface area contributed by atoms with Gasteiger partial charge in [0.2, 0.25) is 0 Å². The zero-order valence-electron chi connectivity index (χ0n) is 10.4. The maximum atomic E-state index is 13.6. The molecule has 2 aromatic carbocycles. The topological polar surface area (TPSA) is 27.0 Å². The Labute approximate surface area is 116 Å². The number of halogens is 2. The summed E-state index contributed by atoms with van der Waals surface area (Å²) in [5.41, 5.74) is 1.88. The minimum atomic E-state index is -0.237. The molecule has 96 valence electrons. The van der Waals surface area contributed by atoms with Crippen LogP contribution in [0.15, 0.2) is 42.5 Å². The average Bonchev–Trinajstić information content (AvgIpc) is 2.41. The van der Waals surface area contributed by atoms with Crippen LogP contribution in [0.1, 0.15) is 11.1 Å². The zero-order valence-corrected chi connectivity index (χ0v) is 11.2. The highest BCUT2D eigenvalue weighted by Crippen LogP contribution is 2.27. The second-order valence-corrected chi connectivity index (χ2v) is 4.63. The number of hydrogen-bond donors (Lipinski definition) is 0. The van der Waals surface area contributed by atoms with E-state index in [9.17, 15) is 4.39 Å². The molecule has 2 nitrogen and oxygen atoms in total. The minimum absolute atomic E-state index is 0.237. The highest BCUT2D eigenvalue weighted by atomic mass is 35.5. The molecule has 0 heterocycles. The highest BCUT2D eigenvalue weighted by molar-refractivity contribution is 6.33. The van der Waals surface area contributed by atoms with Crippen molar-refractivity contribution in [3.05, 3.63) is 64.4 Å². The molecule has 2 aromatic rings. The van der Waals surface area contributed by atoms with E-state index in [2.05, 4.69) is 0 Å². The quantitative estimate of drug-likeness (QED) is 0.846. The van der Waals surface area contributed by atoms with E-state index in [4.69, 9.17) is 16.9 Å². The lowest BCUT2D eigenvalue weighted by molar-refractivity contribution is 0.608. The van der Waals surface area contributed by atoms with E-state index in [0.29, 0.717) is 22.7 Å². The van der Waals surface area contributed by atoms with Crippen LogP contribution in [0.25, 0.3) is 0 Å². The average molecular weight is 275 g/mol. The van der Waals surface area contributed by atoms with E-state index in [1.165, 1.54) is 6.07 Å². The van der Waals surface area contributed by atoms with Gasteiger partial charge in [-0.2, -0.15) is 5.26 Å². The summed E-state index contributed by atoms with van der Waals surface area (Å²) in [6.07, 6.45) is 0. The van der Waals surface area contributed by atoms with E-state index < -0.39 is 0 Å². The maximum absolute atomic E-state index is 13.6. The summed E-state index contributed by atoms with van der Waals surface area (Å²) in [5.74, 6) is -0.237. The van der Waals surface area contributed by atoms with Crippen LogP contribution in [-0.2, 0) is 6.54 Å². The van der Waals surface area contributed by atoms with Gasteiger partial charge in [0.05, 0.1) is 22.3 Å². The van der Waals surface area contributed by atoms with Crippen molar-refractivity contribution in [2.24, 2.45) is 0 Å². The van der Waals surface area contributed by atoms with Gasteiger partial charge in [0.15, 0.2) is 0 Å². The number of rotatable bonds is 3. The normalized spacial score (nSPS) is 10.0. The SMILES string of the molecule is CN(Cc1ccccc1F)c1ccc(C#N)cc1Cl. The van der Waals surface area contributed by atoms with Gasteiger partial charge in [0.25, 0.3) is 0 Å². The lowest BCUT2D eigenvalue weighted by atomic mass is 10.1. The van der Waals surface area contributed by atoms with Crippen LogP contribution in [0.5, 0.6) is 0 Å². The number of benzene rings is 2. The molecule has 0 aliphatic carbocycles. The first-order valence-corrected chi connectivity index (χ1v) is 6.14. The number of nitrogens with zero attached hydrogens (tertiary/aromatic N) is 2. The first-order valence-electron chi connectivity index (χ1n) is 5.76. The molecule has 19 heavy (non-hydrogen) atoms. The molecule has 0 atom stereocenters. The third kappa shape index (κ3) is 3.04. The summed E-state index contributed by atoms with van der Waals surface area (Å²) in [5, 5.41) is 9.28. The van der Waals surface area contributed by atoms with Crippen molar-refractivity contribution in [2.75, 3.05) is 11.9 Å². The van der Waals surface area contributed by atoms with Crippen LogP contribution in [0.4, 0.5) is 10.1 Å². The smallest absolute Gasteiger partial charge is 0.128 e. The first-order chi connectivity index (χ1) is 9.11. The maximum Gasteiger partial charge on any atom is 0.128 e. The standard InChI is InChI=1S/C15H12ClFN2/c1-19(10-12-4-2-3-5-14(12)17)15-7-6-11(9-18)8-13(15)16/h2-8H,10H2,1H3. The summed E-state index contributed by atoms with van der Waals surface area (Å²) in [6.45, 7) is 0.415. The Balaban J connectivity index is 2.24. The molecule has 0 unspecified atom stereocenters. The molecule has 2 rings (SSSR count). The second kappa shape index (κ2) is 5.73. The fourth-order valence-electron chi connectivity index (χ4n) is 1.85. The molecular formula is C15H12ClFN2. The molecule has 0 N–H and O–H groups in total. The molecule has 0 amide bonds. The zero-order chi connectivity index (χ0) is 13.8. The van der Waals surface area contributed by atoms with Crippen molar-refractivity contribution in [3.8, 4) is 6.07 Å². The van der Waals surface area contributed by atoms with Crippen LogP contribution in [-0.4, -0.2) is 7.05 Å². The van der Waals surface area contributed by atoms with Crippen molar-refractivity contribution in [3.63, 3.8) is 0 Å². The summed E-state index contributed by atoms with van der Waals surface area (Å²) < 4.78 is 13.6. The van der Waals surface area contributed by atoms with Gasteiger partial charge >= 0.3 is 0 Å². The molecule has 4 heteroatoms. The van der Waals surface area contributed by atoms with Crippen molar-refractivity contribution in [2.45, 2.75) is 6.54 Å². The predicted molar refractivity (Wildman–Crippen MR) is 74.7 cm³/mol.